The molecule has 0 bridgehead atoms. The normalized spacial score (nSPS) is 16.2. The number of aliphatic hydroxyl groups is 1. The van der Waals surface area contributed by atoms with Crippen LogP contribution in [0.2, 0.25) is 0 Å². The van der Waals surface area contributed by atoms with Crippen molar-refractivity contribution in [3.8, 4) is 5.82 Å². The molecule has 0 spiro atoms. The van der Waals surface area contributed by atoms with E-state index in [9.17, 15) is 9.90 Å². The molecule has 4 aromatic rings. The average Bonchev–Trinajstić information content (AvgIpc) is 3.71. The average molecular weight is 654 g/mol. The molecule has 11 heteroatoms. The van der Waals surface area contributed by atoms with E-state index >= 15 is 0 Å². The predicted molar refractivity (Wildman–Crippen MR) is 193 cm³/mol. The Labute approximate surface area is 283 Å². The summed E-state index contributed by atoms with van der Waals surface area (Å²) in [7, 11) is 0. The second-order valence-corrected chi connectivity index (χ2v) is 13.7. The number of allylic oxidation sites excluding steroid dienone is 1. The van der Waals surface area contributed by atoms with Gasteiger partial charge < -0.3 is 20.6 Å². The SMILES string of the molecule is C=CCn1c(=O)c2cnc(Nc3ccc(N4CCN(CCCCCCNC5CCCC5)CC4)cc3)nc2n1-c1cccc(C(C)(C)O)n1. The van der Waals surface area contributed by atoms with Crippen LogP contribution in [0.1, 0.15) is 70.9 Å². The molecule has 256 valence electrons. The number of fused-ring (bicyclic) bond motifs is 1. The van der Waals surface area contributed by atoms with Gasteiger partial charge in [0.2, 0.25) is 5.95 Å². The zero-order valence-electron chi connectivity index (χ0n) is 28.6. The number of hydrogen-bond acceptors (Lipinski definition) is 9. The predicted octanol–water partition coefficient (Wildman–Crippen LogP) is 5.35. The fraction of sp³-hybridized carbons (Fsp3) is 0.514. The fourth-order valence-corrected chi connectivity index (χ4v) is 6.86. The Hall–Kier alpha value is -4.06. The van der Waals surface area contributed by atoms with E-state index < -0.39 is 5.60 Å². The van der Waals surface area contributed by atoms with Crippen molar-refractivity contribution < 1.29 is 5.11 Å². The lowest BCUT2D eigenvalue weighted by atomic mass is 10.1. The van der Waals surface area contributed by atoms with Gasteiger partial charge in [0.15, 0.2) is 11.5 Å². The topological polar surface area (TPSA) is 116 Å². The third-order valence-electron chi connectivity index (χ3n) is 9.61. The first-order valence-electron chi connectivity index (χ1n) is 17.7. The summed E-state index contributed by atoms with van der Waals surface area (Å²) in [6.07, 6.45) is 14.0. The van der Waals surface area contributed by atoms with E-state index in [2.05, 4.69) is 49.1 Å². The van der Waals surface area contributed by atoms with Gasteiger partial charge in [-0.15, -0.1) is 6.58 Å². The number of anilines is 3. The summed E-state index contributed by atoms with van der Waals surface area (Å²) in [6.45, 7) is 14.1. The molecule has 48 heavy (non-hydrogen) atoms. The molecule has 11 nitrogen and oxygen atoms in total. The fourth-order valence-electron chi connectivity index (χ4n) is 6.86. The highest BCUT2D eigenvalue weighted by Crippen LogP contribution is 2.24. The Morgan fingerprint density at radius 1 is 0.979 bits per heavy atom. The van der Waals surface area contributed by atoms with Crippen molar-refractivity contribution in [2.75, 3.05) is 49.5 Å². The highest BCUT2D eigenvalue weighted by atomic mass is 16.3. The molecule has 1 saturated heterocycles. The second-order valence-electron chi connectivity index (χ2n) is 13.7. The number of hydrogen-bond donors (Lipinski definition) is 3. The van der Waals surface area contributed by atoms with E-state index in [0.29, 0.717) is 28.5 Å². The molecule has 3 N–H and O–H groups in total. The molecule has 3 aromatic heterocycles. The van der Waals surface area contributed by atoms with Crippen LogP contribution in [0.4, 0.5) is 17.3 Å². The summed E-state index contributed by atoms with van der Waals surface area (Å²) in [4.78, 5) is 32.2. The van der Waals surface area contributed by atoms with Crippen LogP contribution in [-0.4, -0.2) is 79.6 Å². The number of benzene rings is 1. The maximum atomic E-state index is 13.3. The zero-order valence-corrected chi connectivity index (χ0v) is 28.6. The van der Waals surface area contributed by atoms with Gasteiger partial charge in [0.25, 0.3) is 5.56 Å². The molecule has 2 fully saturated rings. The van der Waals surface area contributed by atoms with Gasteiger partial charge in [-0.3, -0.25) is 9.69 Å². The molecule has 0 radical (unpaired) electrons. The zero-order chi connectivity index (χ0) is 33.5. The van der Waals surface area contributed by atoms with Crippen molar-refractivity contribution in [2.24, 2.45) is 0 Å². The van der Waals surface area contributed by atoms with Crippen LogP contribution in [-0.2, 0) is 12.1 Å². The summed E-state index contributed by atoms with van der Waals surface area (Å²) in [6, 6.07) is 14.5. The number of nitrogens with zero attached hydrogens (tertiary/aromatic N) is 7. The van der Waals surface area contributed by atoms with Crippen LogP contribution in [0.15, 0.2) is 66.1 Å². The van der Waals surface area contributed by atoms with Crippen LogP contribution in [0.5, 0.6) is 0 Å². The molecule has 1 aliphatic heterocycles. The maximum absolute atomic E-state index is 13.3. The number of unbranched alkanes of at least 4 members (excludes halogenated alkanes) is 3. The molecule has 1 aliphatic carbocycles. The minimum absolute atomic E-state index is 0.237. The highest BCUT2D eigenvalue weighted by Gasteiger charge is 2.22. The summed E-state index contributed by atoms with van der Waals surface area (Å²) in [5.74, 6) is 0.845. The van der Waals surface area contributed by atoms with Gasteiger partial charge in [-0.05, 0) is 89.0 Å². The Bertz CT molecular complexity index is 1710. The van der Waals surface area contributed by atoms with Crippen molar-refractivity contribution in [1.82, 2.24) is 34.5 Å². The minimum Gasteiger partial charge on any atom is -0.384 e. The van der Waals surface area contributed by atoms with E-state index in [1.54, 1.807) is 42.9 Å². The van der Waals surface area contributed by atoms with Gasteiger partial charge in [-0.1, -0.05) is 37.8 Å². The van der Waals surface area contributed by atoms with Crippen LogP contribution in [0.3, 0.4) is 0 Å². The van der Waals surface area contributed by atoms with Crippen molar-refractivity contribution in [3.05, 3.63) is 77.4 Å². The van der Waals surface area contributed by atoms with Crippen LogP contribution in [0.25, 0.3) is 16.9 Å². The first-order chi connectivity index (χ1) is 23.3. The molecule has 0 unspecified atom stereocenters. The third kappa shape index (κ3) is 8.14. The Kier molecular flexibility index (Phi) is 10.9. The van der Waals surface area contributed by atoms with E-state index in [4.69, 9.17) is 4.98 Å². The lowest BCUT2D eigenvalue weighted by molar-refractivity contribution is 0.0738. The van der Waals surface area contributed by atoms with Crippen LogP contribution in [0, 0.1) is 0 Å². The number of nitrogens with one attached hydrogen (secondary N) is 2. The van der Waals surface area contributed by atoms with E-state index in [1.165, 1.54) is 74.8 Å². The summed E-state index contributed by atoms with van der Waals surface area (Å²) in [5, 5.41) is 18.0. The quantitative estimate of drug-likeness (QED) is 0.115. The summed E-state index contributed by atoms with van der Waals surface area (Å²) in [5.41, 5.74) is 1.59. The third-order valence-corrected chi connectivity index (χ3v) is 9.61. The largest absolute Gasteiger partial charge is 0.384 e. The lowest BCUT2D eigenvalue weighted by Gasteiger charge is -2.36. The smallest absolute Gasteiger partial charge is 0.278 e. The van der Waals surface area contributed by atoms with E-state index in [0.717, 1.165) is 37.9 Å². The van der Waals surface area contributed by atoms with Crippen molar-refractivity contribution in [1.29, 1.82) is 0 Å². The van der Waals surface area contributed by atoms with Crippen molar-refractivity contribution in [3.63, 3.8) is 0 Å². The summed E-state index contributed by atoms with van der Waals surface area (Å²) < 4.78 is 3.19. The monoisotopic (exact) mass is 653 g/mol. The van der Waals surface area contributed by atoms with Gasteiger partial charge >= 0.3 is 0 Å². The molecule has 0 amide bonds. The number of aromatic nitrogens is 5. The number of pyridine rings is 1. The number of piperazine rings is 1. The Morgan fingerprint density at radius 3 is 2.46 bits per heavy atom. The molecule has 0 atom stereocenters. The van der Waals surface area contributed by atoms with Gasteiger partial charge in [0, 0.05) is 49.8 Å². The van der Waals surface area contributed by atoms with Gasteiger partial charge in [0.1, 0.15) is 11.0 Å². The molecular formula is C37H51N9O2. The molecule has 1 aromatic carbocycles. The maximum Gasteiger partial charge on any atom is 0.278 e. The first-order valence-corrected chi connectivity index (χ1v) is 17.7. The van der Waals surface area contributed by atoms with E-state index in [1.807, 2.05) is 18.2 Å². The molecule has 4 heterocycles. The molecule has 1 saturated carbocycles. The second kappa shape index (κ2) is 15.4. The Morgan fingerprint density at radius 2 is 1.73 bits per heavy atom. The minimum atomic E-state index is -1.14. The number of rotatable bonds is 15. The van der Waals surface area contributed by atoms with Crippen LogP contribution >= 0.6 is 0 Å². The van der Waals surface area contributed by atoms with Gasteiger partial charge in [-0.2, -0.15) is 4.98 Å². The van der Waals surface area contributed by atoms with Gasteiger partial charge in [-0.25, -0.2) is 19.3 Å². The summed E-state index contributed by atoms with van der Waals surface area (Å²) >= 11 is 0. The molecule has 6 rings (SSSR count). The molecular weight excluding hydrogens is 602 g/mol. The lowest BCUT2D eigenvalue weighted by Crippen LogP contribution is -2.46. The standard InChI is InChI=1S/C37H51N9O2/c1-4-21-45-35(47)31-27-39-36(42-34(31)46(45)33-15-11-14-32(41-33)37(2,3)48)40-29-16-18-30(19-17-29)44-25-23-43(24-26-44)22-10-6-5-9-20-38-28-12-7-8-13-28/h4,11,14-19,27-28,38,48H,1,5-10,12-13,20-26H2,2-3H3,(H,39,40,42). The van der Waals surface area contributed by atoms with Gasteiger partial charge in [0.05, 0.1) is 12.2 Å². The Balaban J connectivity index is 1.04. The van der Waals surface area contributed by atoms with Crippen LogP contribution < -0.4 is 21.1 Å². The van der Waals surface area contributed by atoms with Crippen molar-refractivity contribution in [2.45, 2.75) is 83.4 Å². The van der Waals surface area contributed by atoms with Crippen molar-refractivity contribution >= 4 is 28.4 Å². The first kappa shape index (κ1) is 33.8. The van der Waals surface area contributed by atoms with E-state index in [-0.39, 0.29) is 12.1 Å². The molecule has 2 aliphatic rings. The highest BCUT2D eigenvalue weighted by molar-refractivity contribution is 5.77.